The van der Waals surface area contributed by atoms with E-state index in [0.29, 0.717) is 0 Å². The van der Waals surface area contributed by atoms with Crippen molar-refractivity contribution in [3.63, 3.8) is 0 Å². The molecule has 0 aliphatic carbocycles. The smallest absolute Gasteiger partial charge is 0.152 e. The highest BCUT2D eigenvalue weighted by Crippen LogP contribution is 1.92. The van der Waals surface area contributed by atoms with Crippen LogP contribution in [0.3, 0.4) is 0 Å². The topological polar surface area (TPSA) is 17.1 Å². The lowest BCUT2D eigenvalue weighted by molar-refractivity contribution is -0.112. The molecule has 0 saturated carbocycles. The molecular formula is C8H12O. The van der Waals surface area contributed by atoms with E-state index in [1.54, 1.807) is 13.0 Å². The number of carbonyl (C=O) groups is 1. The average molecular weight is 124 g/mol. The summed E-state index contributed by atoms with van der Waals surface area (Å²) in [6, 6.07) is 0. The van der Waals surface area contributed by atoms with Crippen LogP contribution in [0.1, 0.15) is 20.8 Å². The Kier molecular flexibility index (Phi) is 3.69. The van der Waals surface area contributed by atoms with Crippen molar-refractivity contribution in [2.75, 3.05) is 0 Å². The van der Waals surface area contributed by atoms with E-state index in [1.165, 1.54) is 0 Å². The van der Waals surface area contributed by atoms with E-state index >= 15 is 0 Å². The van der Waals surface area contributed by atoms with Gasteiger partial charge < -0.3 is 0 Å². The molecule has 0 amide bonds. The molecule has 0 heterocycles. The molecule has 0 aromatic carbocycles. The summed E-state index contributed by atoms with van der Waals surface area (Å²) in [5.41, 5.74) is 1.12. The molecule has 0 aliphatic rings. The van der Waals surface area contributed by atoms with Crippen LogP contribution >= 0.6 is 0 Å². The largest absolute Gasteiger partial charge is 0.295 e. The zero-order valence-corrected chi connectivity index (χ0v) is 6.14. The van der Waals surface area contributed by atoms with Gasteiger partial charge in [0.15, 0.2) is 5.78 Å². The van der Waals surface area contributed by atoms with E-state index in [4.69, 9.17) is 0 Å². The van der Waals surface area contributed by atoms with Crippen molar-refractivity contribution in [1.82, 2.24) is 0 Å². The lowest BCUT2D eigenvalue weighted by Gasteiger charge is -1.84. The van der Waals surface area contributed by atoms with Gasteiger partial charge in [-0.1, -0.05) is 17.7 Å². The average Bonchev–Trinajstić information content (AvgIpc) is 1.83. The predicted octanol–water partition coefficient (Wildman–Crippen LogP) is 2.10. The molecule has 0 spiro atoms. The highest BCUT2D eigenvalue weighted by molar-refractivity contribution is 5.87. The van der Waals surface area contributed by atoms with Gasteiger partial charge in [0, 0.05) is 0 Å². The Bertz CT molecular complexity index is 152. The lowest BCUT2D eigenvalue weighted by atomic mass is 10.2. The zero-order valence-electron chi connectivity index (χ0n) is 6.14. The van der Waals surface area contributed by atoms with E-state index in [-0.39, 0.29) is 5.78 Å². The van der Waals surface area contributed by atoms with Crippen molar-refractivity contribution in [1.29, 1.82) is 0 Å². The number of allylic oxidation sites excluding steroid dienone is 4. The van der Waals surface area contributed by atoms with Crippen molar-refractivity contribution >= 4 is 5.78 Å². The minimum atomic E-state index is 0.0937. The van der Waals surface area contributed by atoms with Crippen LogP contribution in [-0.2, 0) is 4.79 Å². The van der Waals surface area contributed by atoms with Crippen LogP contribution in [0.15, 0.2) is 23.8 Å². The first-order chi connectivity index (χ1) is 4.16. The second-order valence-electron chi connectivity index (χ2n) is 1.98. The maximum atomic E-state index is 10.4. The molecule has 1 heteroatoms. The third-order valence-corrected chi connectivity index (χ3v) is 1.04. The molecule has 0 unspecified atom stereocenters. The molecule has 0 aliphatic heterocycles. The molecule has 0 aromatic heterocycles. The van der Waals surface area contributed by atoms with Crippen LogP contribution in [0.2, 0.25) is 0 Å². The van der Waals surface area contributed by atoms with E-state index in [1.807, 2.05) is 26.0 Å². The Labute approximate surface area is 56.1 Å². The molecule has 0 fully saturated rings. The predicted molar refractivity (Wildman–Crippen MR) is 39.3 cm³/mol. The first kappa shape index (κ1) is 8.15. The summed E-state index contributed by atoms with van der Waals surface area (Å²) in [6.07, 6.45) is 5.33. The first-order valence-electron chi connectivity index (χ1n) is 2.98. The third kappa shape index (κ3) is 5.01. The lowest BCUT2D eigenvalue weighted by Crippen LogP contribution is -1.79. The molecule has 0 bridgehead atoms. The van der Waals surface area contributed by atoms with Gasteiger partial charge in [0.25, 0.3) is 0 Å². The SMILES string of the molecule is C/C=C(C)\C=C/C(C)=O. The number of hydrogen-bond acceptors (Lipinski definition) is 1. The molecule has 50 valence electrons. The van der Waals surface area contributed by atoms with Crippen LogP contribution in [0.5, 0.6) is 0 Å². The number of rotatable bonds is 2. The van der Waals surface area contributed by atoms with Crippen molar-refractivity contribution < 1.29 is 4.79 Å². The van der Waals surface area contributed by atoms with Crippen LogP contribution < -0.4 is 0 Å². The second kappa shape index (κ2) is 4.07. The Balaban J connectivity index is 3.86. The third-order valence-electron chi connectivity index (χ3n) is 1.04. The summed E-state index contributed by atoms with van der Waals surface area (Å²) < 4.78 is 0. The molecule has 0 saturated heterocycles. The highest BCUT2D eigenvalue weighted by atomic mass is 16.1. The van der Waals surface area contributed by atoms with Gasteiger partial charge in [-0.05, 0) is 26.8 Å². The van der Waals surface area contributed by atoms with E-state index in [2.05, 4.69) is 0 Å². The molecule has 9 heavy (non-hydrogen) atoms. The molecule has 1 nitrogen and oxygen atoms in total. The Hall–Kier alpha value is -0.850. The van der Waals surface area contributed by atoms with E-state index in [0.717, 1.165) is 5.57 Å². The summed E-state index contributed by atoms with van der Waals surface area (Å²) in [6.45, 7) is 5.44. The summed E-state index contributed by atoms with van der Waals surface area (Å²) in [7, 11) is 0. The van der Waals surface area contributed by atoms with Crippen molar-refractivity contribution in [2.24, 2.45) is 0 Å². The maximum absolute atomic E-state index is 10.4. The van der Waals surface area contributed by atoms with Crippen molar-refractivity contribution in [3.8, 4) is 0 Å². The van der Waals surface area contributed by atoms with Gasteiger partial charge in [-0.25, -0.2) is 0 Å². The molecule has 0 N–H and O–H groups in total. The van der Waals surface area contributed by atoms with Crippen LogP contribution in [0, 0.1) is 0 Å². The molecule has 0 radical (unpaired) electrons. The van der Waals surface area contributed by atoms with Gasteiger partial charge in [0.1, 0.15) is 0 Å². The van der Waals surface area contributed by atoms with Gasteiger partial charge >= 0.3 is 0 Å². The van der Waals surface area contributed by atoms with Crippen LogP contribution in [0.4, 0.5) is 0 Å². The summed E-state index contributed by atoms with van der Waals surface area (Å²) in [5, 5.41) is 0. The number of hydrogen-bond donors (Lipinski definition) is 0. The molecular weight excluding hydrogens is 112 g/mol. The quantitative estimate of drug-likeness (QED) is 0.407. The highest BCUT2D eigenvalue weighted by Gasteiger charge is 1.80. The Morgan fingerprint density at radius 1 is 1.22 bits per heavy atom. The fraction of sp³-hybridized carbons (Fsp3) is 0.375. The molecule has 0 rings (SSSR count). The fourth-order valence-electron chi connectivity index (χ4n) is 0.345. The van der Waals surface area contributed by atoms with Crippen molar-refractivity contribution in [2.45, 2.75) is 20.8 Å². The summed E-state index contributed by atoms with van der Waals surface area (Å²) in [5.74, 6) is 0.0937. The standard InChI is InChI=1S/C8H12O/c1-4-7(2)5-6-8(3)9/h4-6H,1-3H3/b6-5-,7-4-. The van der Waals surface area contributed by atoms with Gasteiger partial charge in [0.05, 0.1) is 0 Å². The Morgan fingerprint density at radius 2 is 1.78 bits per heavy atom. The van der Waals surface area contributed by atoms with E-state index < -0.39 is 0 Å². The minimum Gasteiger partial charge on any atom is -0.295 e. The minimum absolute atomic E-state index is 0.0937. The van der Waals surface area contributed by atoms with Crippen LogP contribution in [0.25, 0.3) is 0 Å². The van der Waals surface area contributed by atoms with Gasteiger partial charge in [-0.15, -0.1) is 0 Å². The molecule has 0 aromatic rings. The van der Waals surface area contributed by atoms with E-state index in [9.17, 15) is 4.79 Å². The Morgan fingerprint density at radius 3 is 2.11 bits per heavy atom. The summed E-state index contributed by atoms with van der Waals surface area (Å²) in [4.78, 5) is 10.4. The zero-order chi connectivity index (χ0) is 7.28. The maximum Gasteiger partial charge on any atom is 0.152 e. The van der Waals surface area contributed by atoms with Crippen molar-refractivity contribution in [3.05, 3.63) is 23.8 Å². The first-order valence-corrected chi connectivity index (χ1v) is 2.98. The fourth-order valence-corrected chi connectivity index (χ4v) is 0.345. The monoisotopic (exact) mass is 124 g/mol. The number of carbonyl (C=O) groups excluding carboxylic acids is 1. The van der Waals surface area contributed by atoms with Crippen LogP contribution in [-0.4, -0.2) is 5.78 Å². The summed E-state index contributed by atoms with van der Waals surface area (Å²) >= 11 is 0. The van der Waals surface area contributed by atoms with Gasteiger partial charge in [0.2, 0.25) is 0 Å². The van der Waals surface area contributed by atoms with Gasteiger partial charge in [-0.2, -0.15) is 0 Å². The number of ketones is 1. The van der Waals surface area contributed by atoms with Gasteiger partial charge in [-0.3, -0.25) is 4.79 Å². The normalized spacial score (nSPS) is 12.6. The molecule has 0 atom stereocenters. The second-order valence-corrected chi connectivity index (χ2v) is 1.98.